The highest BCUT2D eigenvalue weighted by Gasteiger charge is 2.10. The van der Waals surface area contributed by atoms with Crippen LogP contribution in [-0.2, 0) is 17.8 Å². The number of rotatable bonds is 7. The van der Waals surface area contributed by atoms with Gasteiger partial charge in [0.1, 0.15) is 11.4 Å². The second-order valence-corrected chi connectivity index (χ2v) is 5.98. The molecule has 0 radical (unpaired) electrons. The first-order chi connectivity index (χ1) is 13.7. The number of aromatic nitrogens is 2. The number of hydrogen-bond acceptors (Lipinski definition) is 5. The number of methoxy groups -OCH3 is 1. The van der Waals surface area contributed by atoms with E-state index < -0.39 is 0 Å². The molecule has 7 nitrogen and oxygen atoms in total. The molecular formula is C21H20N4O3. The third-order valence-corrected chi connectivity index (χ3v) is 3.97. The zero-order valence-electron chi connectivity index (χ0n) is 15.4. The van der Waals surface area contributed by atoms with Gasteiger partial charge in [-0.25, -0.2) is 0 Å². The fourth-order valence-electron chi connectivity index (χ4n) is 2.61. The highest BCUT2D eigenvalue weighted by Crippen LogP contribution is 2.15. The van der Waals surface area contributed by atoms with Gasteiger partial charge in [0.05, 0.1) is 19.2 Å². The minimum atomic E-state index is -0.288. The predicted molar refractivity (Wildman–Crippen MR) is 105 cm³/mol. The van der Waals surface area contributed by atoms with E-state index in [2.05, 4.69) is 20.6 Å². The van der Waals surface area contributed by atoms with Gasteiger partial charge >= 0.3 is 0 Å². The van der Waals surface area contributed by atoms with Gasteiger partial charge < -0.3 is 15.4 Å². The first-order valence-electron chi connectivity index (χ1n) is 8.71. The van der Waals surface area contributed by atoms with Gasteiger partial charge in [0.2, 0.25) is 5.91 Å². The van der Waals surface area contributed by atoms with E-state index in [1.807, 2.05) is 18.2 Å². The van der Waals surface area contributed by atoms with Crippen LogP contribution in [0.3, 0.4) is 0 Å². The number of anilines is 1. The Bertz CT molecular complexity index is 961. The molecule has 0 aliphatic carbocycles. The van der Waals surface area contributed by atoms with Crippen LogP contribution >= 0.6 is 0 Å². The van der Waals surface area contributed by atoms with E-state index in [0.717, 1.165) is 5.56 Å². The summed E-state index contributed by atoms with van der Waals surface area (Å²) in [7, 11) is 1.54. The molecule has 142 valence electrons. The number of pyridine rings is 2. The molecule has 3 aromatic rings. The molecule has 3 rings (SSSR count). The Morgan fingerprint density at radius 2 is 1.86 bits per heavy atom. The molecule has 0 unspecified atom stereocenters. The van der Waals surface area contributed by atoms with Gasteiger partial charge in [-0.1, -0.05) is 18.2 Å². The molecule has 0 saturated heterocycles. The summed E-state index contributed by atoms with van der Waals surface area (Å²) in [4.78, 5) is 32.6. The van der Waals surface area contributed by atoms with Crippen molar-refractivity contribution in [3.05, 3.63) is 83.9 Å². The average Bonchev–Trinajstić information content (AvgIpc) is 2.73. The number of carbonyl (C=O) groups excluding carboxylic acids is 2. The molecule has 0 atom stereocenters. The van der Waals surface area contributed by atoms with E-state index in [1.54, 1.807) is 55.9 Å². The van der Waals surface area contributed by atoms with Gasteiger partial charge in [0.15, 0.2) is 0 Å². The Morgan fingerprint density at radius 3 is 2.64 bits per heavy atom. The largest absolute Gasteiger partial charge is 0.495 e. The number of benzene rings is 1. The summed E-state index contributed by atoms with van der Waals surface area (Å²) >= 11 is 0. The Morgan fingerprint density at radius 1 is 1.00 bits per heavy atom. The Balaban J connectivity index is 1.57. The number of carbonyl (C=O) groups is 2. The molecule has 0 fully saturated rings. The number of nitrogens with one attached hydrogen (secondary N) is 2. The normalized spacial score (nSPS) is 10.2. The van der Waals surface area contributed by atoms with Gasteiger partial charge in [-0.05, 0) is 42.0 Å². The second-order valence-electron chi connectivity index (χ2n) is 5.98. The molecule has 0 aliphatic heterocycles. The summed E-state index contributed by atoms with van der Waals surface area (Å²) < 4.78 is 5.21. The van der Waals surface area contributed by atoms with Crippen molar-refractivity contribution in [2.75, 3.05) is 12.4 Å². The quantitative estimate of drug-likeness (QED) is 0.661. The topological polar surface area (TPSA) is 93.2 Å². The summed E-state index contributed by atoms with van der Waals surface area (Å²) in [5, 5.41) is 5.65. The molecule has 0 bridgehead atoms. The molecule has 1 aromatic carbocycles. The molecule has 2 N–H and O–H groups in total. The lowest BCUT2D eigenvalue weighted by atomic mass is 10.2. The number of ether oxygens (including phenoxy) is 1. The van der Waals surface area contributed by atoms with E-state index in [9.17, 15) is 9.59 Å². The van der Waals surface area contributed by atoms with Crippen molar-refractivity contribution < 1.29 is 14.3 Å². The minimum absolute atomic E-state index is 0.125. The fraction of sp³-hybridized carbons (Fsp3) is 0.143. The smallest absolute Gasteiger partial charge is 0.274 e. The summed E-state index contributed by atoms with van der Waals surface area (Å²) in [6.45, 7) is 0.335. The first-order valence-corrected chi connectivity index (χ1v) is 8.71. The first kappa shape index (κ1) is 19.0. The lowest BCUT2D eigenvalue weighted by Crippen LogP contribution is -2.25. The molecule has 2 heterocycles. The Hall–Kier alpha value is -3.74. The lowest BCUT2D eigenvalue weighted by molar-refractivity contribution is -0.120. The van der Waals surface area contributed by atoms with Crippen molar-refractivity contribution in [1.82, 2.24) is 15.3 Å². The van der Waals surface area contributed by atoms with Gasteiger partial charge in [-0.2, -0.15) is 0 Å². The van der Waals surface area contributed by atoms with E-state index >= 15 is 0 Å². The van der Waals surface area contributed by atoms with E-state index in [4.69, 9.17) is 4.74 Å². The molecule has 2 amide bonds. The third kappa shape index (κ3) is 5.14. The summed E-state index contributed by atoms with van der Waals surface area (Å²) in [6, 6.07) is 16.0. The fourth-order valence-corrected chi connectivity index (χ4v) is 2.61. The van der Waals surface area contributed by atoms with Crippen LogP contribution in [0.15, 0.2) is 67.0 Å². The molecule has 0 spiro atoms. The van der Waals surface area contributed by atoms with Gasteiger partial charge in [0.25, 0.3) is 5.91 Å². The van der Waals surface area contributed by atoms with Gasteiger partial charge in [0, 0.05) is 24.6 Å². The lowest BCUT2D eigenvalue weighted by Gasteiger charge is -2.10. The molecule has 7 heteroatoms. The van der Waals surface area contributed by atoms with Crippen LogP contribution < -0.4 is 15.4 Å². The molecule has 0 aliphatic rings. The number of hydrogen-bond donors (Lipinski definition) is 2. The van der Waals surface area contributed by atoms with Crippen LogP contribution in [0.25, 0.3) is 0 Å². The Kier molecular flexibility index (Phi) is 6.30. The van der Waals surface area contributed by atoms with Crippen molar-refractivity contribution in [3.63, 3.8) is 0 Å². The zero-order valence-corrected chi connectivity index (χ0v) is 15.4. The number of nitrogens with zero attached hydrogens (tertiary/aromatic N) is 2. The summed E-state index contributed by atoms with van der Waals surface area (Å²) in [5.41, 5.74) is 2.42. The van der Waals surface area contributed by atoms with Crippen molar-refractivity contribution in [1.29, 1.82) is 0 Å². The summed E-state index contributed by atoms with van der Waals surface area (Å²) in [5.74, 6) is 0.126. The van der Waals surface area contributed by atoms with Crippen LogP contribution in [0.4, 0.5) is 5.69 Å². The monoisotopic (exact) mass is 376 g/mol. The molecular weight excluding hydrogens is 356 g/mol. The molecule has 2 aromatic heterocycles. The van der Waals surface area contributed by atoms with Crippen LogP contribution in [0.2, 0.25) is 0 Å². The minimum Gasteiger partial charge on any atom is -0.495 e. The number of amides is 2. The maximum absolute atomic E-state index is 12.2. The van der Waals surface area contributed by atoms with Crippen molar-refractivity contribution >= 4 is 17.5 Å². The van der Waals surface area contributed by atoms with Crippen LogP contribution in [0.1, 0.15) is 21.7 Å². The van der Waals surface area contributed by atoms with E-state index in [0.29, 0.717) is 29.4 Å². The van der Waals surface area contributed by atoms with Crippen molar-refractivity contribution in [3.8, 4) is 5.75 Å². The van der Waals surface area contributed by atoms with Gasteiger partial charge in [-0.15, -0.1) is 0 Å². The predicted octanol–water partition coefficient (Wildman–Crippen LogP) is 2.60. The standard InChI is InChI=1S/C21H20N4O3/c1-28-19-9-5-11-23-18(19)13-20(26)24-14-15-6-4-7-16(12-15)25-21(27)17-8-2-3-10-22-17/h2-12H,13-14H2,1H3,(H,24,26)(H,25,27). The highest BCUT2D eigenvalue weighted by molar-refractivity contribution is 6.02. The van der Waals surface area contributed by atoms with Crippen LogP contribution in [-0.4, -0.2) is 28.9 Å². The van der Waals surface area contributed by atoms with Crippen LogP contribution in [0, 0.1) is 0 Å². The second kappa shape index (κ2) is 9.27. The van der Waals surface area contributed by atoms with E-state index in [-0.39, 0.29) is 18.2 Å². The van der Waals surface area contributed by atoms with Crippen molar-refractivity contribution in [2.45, 2.75) is 13.0 Å². The highest BCUT2D eigenvalue weighted by atomic mass is 16.5. The van der Waals surface area contributed by atoms with Crippen molar-refractivity contribution in [2.24, 2.45) is 0 Å². The molecule has 28 heavy (non-hydrogen) atoms. The van der Waals surface area contributed by atoms with Crippen LogP contribution in [0.5, 0.6) is 5.75 Å². The summed E-state index contributed by atoms with van der Waals surface area (Å²) in [6.07, 6.45) is 3.32. The third-order valence-electron chi connectivity index (χ3n) is 3.97. The Labute approximate surface area is 162 Å². The van der Waals surface area contributed by atoms with Gasteiger partial charge in [-0.3, -0.25) is 19.6 Å². The SMILES string of the molecule is COc1cccnc1CC(=O)NCc1cccc(NC(=O)c2ccccn2)c1. The van der Waals surface area contributed by atoms with E-state index in [1.165, 1.54) is 0 Å². The molecule has 0 saturated carbocycles. The maximum Gasteiger partial charge on any atom is 0.274 e. The average molecular weight is 376 g/mol. The maximum atomic E-state index is 12.2. The zero-order chi connectivity index (χ0) is 19.8.